The fraction of sp³-hybridized carbons (Fsp3) is 0.650. The highest BCUT2D eigenvalue weighted by Gasteiger charge is 2.32. The summed E-state index contributed by atoms with van der Waals surface area (Å²) >= 11 is 0. The third kappa shape index (κ3) is 4.85. The Bertz CT molecular complexity index is 782. The third-order valence-corrected chi connectivity index (χ3v) is 7.33. The van der Waals surface area contributed by atoms with E-state index in [4.69, 9.17) is 9.47 Å². The summed E-state index contributed by atoms with van der Waals surface area (Å²) in [6.07, 6.45) is 3.21. The number of nitrogens with zero attached hydrogens (tertiary/aromatic N) is 1. The average molecular weight is 411 g/mol. The van der Waals surface area contributed by atoms with Crippen LogP contribution in [0.4, 0.5) is 0 Å². The number of piperidine rings is 1. The molecule has 0 bridgehead atoms. The SMILES string of the molecule is CCOc1ccc(S(=O)(=O)N2CCC(C(=O)NC[C@@H]3CCCO3)CC2)cc1C. The van der Waals surface area contributed by atoms with Crippen molar-refractivity contribution in [1.29, 1.82) is 0 Å². The van der Waals surface area contributed by atoms with Gasteiger partial charge in [-0.2, -0.15) is 4.31 Å². The predicted octanol–water partition coefficient (Wildman–Crippen LogP) is 2.09. The first-order chi connectivity index (χ1) is 13.4. The Morgan fingerprint density at radius 1 is 1.29 bits per heavy atom. The summed E-state index contributed by atoms with van der Waals surface area (Å²) in [7, 11) is -3.56. The molecular weight excluding hydrogens is 380 g/mol. The number of hydrogen-bond acceptors (Lipinski definition) is 5. The molecule has 0 aromatic heterocycles. The molecule has 0 spiro atoms. The van der Waals surface area contributed by atoms with Crippen LogP contribution < -0.4 is 10.1 Å². The second kappa shape index (κ2) is 9.24. The molecule has 1 N–H and O–H groups in total. The predicted molar refractivity (Wildman–Crippen MR) is 106 cm³/mol. The maximum atomic E-state index is 13.0. The number of benzene rings is 1. The molecule has 2 saturated heterocycles. The highest BCUT2D eigenvalue weighted by molar-refractivity contribution is 7.89. The second-order valence-corrected chi connectivity index (χ2v) is 9.36. The van der Waals surface area contributed by atoms with Gasteiger partial charge in [0.15, 0.2) is 0 Å². The molecule has 2 aliphatic heterocycles. The van der Waals surface area contributed by atoms with Gasteiger partial charge in [0.25, 0.3) is 0 Å². The van der Waals surface area contributed by atoms with Gasteiger partial charge in [-0.25, -0.2) is 8.42 Å². The first kappa shape index (κ1) is 21.1. The monoisotopic (exact) mass is 410 g/mol. The summed E-state index contributed by atoms with van der Waals surface area (Å²) in [5, 5.41) is 2.96. The molecule has 28 heavy (non-hydrogen) atoms. The Kier molecular flexibility index (Phi) is 6.95. The number of ether oxygens (including phenoxy) is 2. The standard InChI is InChI=1S/C20H30N2O5S/c1-3-26-19-7-6-18(13-15(19)2)28(24,25)22-10-8-16(9-11-22)20(23)21-14-17-5-4-12-27-17/h6-7,13,16-17H,3-5,8-12,14H2,1-2H3,(H,21,23)/t17-/m0/s1. The fourth-order valence-electron chi connectivity index (χ4n) is 3.77. The van der Waals surface area contributed by atoms with Crippen molar-refractivity contribution in [2.75, 3.05) is 32.8 Å². The van der Waals surface area contributed by atoms with Gasteiger partial charge in [-0.1, -0.05) is 0 Å². The second-order valence-electron chi connectivity index (χ2n) is 7.42. The summed E-state index contributed by atoms with van der Waals surface area (Å²) in [4.78, 5) is 12.6. The van der Waals surface area contributed by atoms with Crippen LogP contribution in [0.25, 0.3) is 0 Å². The van der Waals surface area contributed by atoms with Crippen LogP contribution in [0.5, 0.6) is 5.75 Å². The van der Waals surface area contributed by atoms with Crippen LogP contribution in [-0.2, 0) is 19.6 Å². The van der Waals surface area contributed by atoms with Crippen LogP contribution in [0.3, 0.4) is 0 Å². The molecular formula is C20H30N2O5S. The molecule has 1 atom stereocenters. The number of carbonyl (C=O) groups is 1. The maximum Gasteiger partial charge on any atom is 0.243 e. The van der Waals surface area contributed by atoms with Crippen LogP contribution in [0.2, 0.25) is 0 Å². The van der Waals surface area contributed by atoms with E-state index in [2.05, 4.69) is 5.32 Å². The van der Waals surface area contributed by atoms with Crippen molar-refractivity contribution in [3.05, 3.63) is 23.8 Å². The molecule has 2 fully saturated rings. The zero-order valence-electron chi connectivity index (χ0n) is 16.6. The van der Waals surface area contributed by atoms with Gasteiger partial charge in [0, 0.05) is 32.2 Å². The van der Waals surface area contributed by atoms with E-state index in [0.29, 0.717) is 44.8 Å². The van der Waals surface area contributed by atoms with E-state index < -0.39 is 10.0 Å². The minimum Gasteiger partial charge on any atom is -0.494 e. The van der Waals surface area contributed by atoms with Crippen molar-refractivity contribution in [1.82, 2.24) is 9.62 Å². The van der Waals surface area contributed by atoms with E-state index >= 15 is 0 Å². The summed E-state index contributed by atoms with van der Waals surface area (Å²) in [6.45, 7) is 6.29. The minimum absolute atomic E-state index is 0.00413. The molecule has 2 aliphatic rings. The van der Waals surface area contributed by atoms with Crippen molar-refractivity contribution in [3.63, 3.8) is 0 Å². The number of hydrogen-bond donors (Lipinski definition) is 1. The fourth-order valence-corrected chi connectivity index (χ4v) is 5.33. The first-order valence-corrected chi connectivity index (χ1v) is 11.5. The summed E-state index contributed by atoms with van der Waals surface area (Å²) in [6, 6.07) is 4.95. The lowest BCUT2D eigenvalue weighted by atomic mass is 9.97. The average Bonchev–Trinajstić information content (AvgIpc) is 3.21. The topological polar surface area (TPSA) is 84.9 Å². The molecule has 2 heterocycles. The van der Waals surface area contributed by atoms with Crippen LogP contribution in [0.1, 0.15) is 38.2 Å². The van der Waals surface area contributed by atoms with Crippen molar-refractivity contribution in [2.45, 2.75) is 50.5 Å². The number of rotatable bonds is 7. The van der Waals surface area contributed by atoms with Gasteiger partial charge < -0.3 is 14.8 Å². The lowest BCUT2D eigenvalue weighted by molar-refractivity contribution is -0.126. The molecule has 7 nitrogen and oxygen atoms in total. The molecule has 1 aromatic carbocycles. The van der Waals surface area contributed by atoms with E-state index in [0.717, 1.165) is 25.0 Å². The van der Waals surface area contributed by atoms with Gasteiger partial charge >= 0.3 is 0 Å². The minimum atomic E-state index is -3.56. The first-order valence-electron chi connectivity index (χ1n) is 10.0. The number of aryl methyl sites for hydroxylation is 1. The normalized spacial score (nSPS) is 21.6. The van der Waals surface area contributed by atoms with Gasteiger partial charge in [0.2, 0.25) is 15.9 Å². The van der Waals surface area contributed by atoms with Crippen LogP contribution in [-0.4, -0.2) is 57.6 Å². The van der Waals surface area contributed by atoms with Crippen molar-refractivity contribution >= 4 is 15.9 Å². The molecule has 1 aromatic rings. The zero-order chi connectivity index (χ0) is 20.1. The molecule has 0 aliphatic carbocycles. The smallest absolute Gasteiger partial charge is 0.243 e. The molecule has 0 radical (unpaired) electrons. The third-order valence-electron chi connectivity index (χ3n) is 5.44. The summed E-state index contributed by atoms with van der Waals surface area (Å²) < 4.78 is 38.4. The molecule has 8 heteroatoms. The van der Waals surface area contributed by atoms with Crippen LogP contribution in [0.15, 0.2) is 23.1 Å². The molecule has 1 amide bonds. The van der Waals surface area contributed by atoms with Gasteiger partial charge in [-0.05, 0) is 63.3 Å². The molecule has 0 saturated carbocycles. The van der Waals surface area contributed by atoms with E-state index in [-0.39, 0.29) is 22.8 Å². The van der Waals surface area contributed by atoms with Crippen LogP contribution in [0, 0.1) is 12.8 Å². The Morgan fingerprint density at radius 2 is 2.04 bits per heavy atom. The highest BCUT2D eigenvalue weighted by atomic mass is 32.2. The Labute approximate surface area is 167 Å². The Hall–Kier alpha value is -1.64. The number of amides is 1. The maximum absolute atomic E-state index is 13.0. The van der Waals surface area contributed by atoms with Crippen molar-refractivity contribution < 1.29 is 22.7 Å². The van der Waals surface area contributed by atoms with E-state index in [1.54, 1.807) is 18.2 Å². The van der Waals surface area contributed by atoms with Crippen molar-refractivity contribution in [3.8, 4) is 5.75 Å². The lowest BCUT2D eigenvalue weighted by Crippen LogP contribution is -2.44. The largest absolute Gasteiger partial charge is 0.494 e. The van der Waals surface area contributed by atoms with E-state index in [1.807, 2.05) is 13.8 Å². The van der Waals surface area contributed by atoms with Crippen molar-refractivity contribution in [2.24, 2.45) is 5.92 Å². The molecule has 0 unspecified atom stereocenters. The Balaban J connectivity index is 1.55. The summed E-state index contributed by atoms with van der Waals surface area (Å²) in [5.41, 5.74) is 0.798. The van der Waals surface area contributed by atoms with Gasteiger partial charge in [0.05, 0.1) is 17.6 Å². The number of nitrogens with one attached hydrogen (secondary N) is 1. The van der Waals surface area contributed by atoms with Crippen LogP contribution >= 0.6 is 0 Å². The van der Waals surface area contributed by atoms with Gasteiger partial charge in [-0.15, -0.1) is 0 Å². The van der Waals surface area contributed by atoms with E-state index in [1.165, 1.54) is 4.31 Å². The number of sulfonamides is 1. The molecule has 3 rings (SSSR count). The Morgan fingerprint density at radius 3 is 2.64 bits per heavy atom. The van der Waals surface area contributed by atoms with E-state index in [9.17, 15) is 13.2 Å². The van der Waals surface area contributed by atoms with Gasteiger partial charge in [-0.3, -0.25) is 4.79 Å². The molecule has 156 valence electrons. The quantitative estimate of drug-likeness (QED) is 0.744. The number of carbonyl (C=O) groups excluding carboxylic acids is 1. The van der Waals surface area contributed by atoms with Gasteiger partial charge in [0.1, 0.15) is 5.75 Å². The summed E-state index contributed by atoms with van der Waals surface area (Å²) in [5.74, 6) is 0.558. The highest BCUT2D eigenvalue weighted by Crippen LogP contribution is 2.27. The zero-order valence-corrected chi connectivity index (χ0v) is 17.5. The lowest BCUT2D eigenvalue weighted by Gasteiger charge is -2.30.